The molecule has 0 radical (unpaired) electrons. The van der Waals surface area contributed by atoms with Gasteiger partial charge in [0.05, 0.1) is 13.7 Å². The van der Waals surface area contributed by atoms with Crippen molar-refractivity contribution in [2.24, 2.45) is 5.92 Å². The topological polar surface area (TPSA) is 71.3 Å². The number of halogens is 1. The van der Waals surface area contributed by atoms with Crippen LogP contribution in [0.1, 0.15) is 19.4 Å². The average molecular weight is 385 g/mol. The third-order valence-electron chi connectivity index (χ3n) is 3.52. The molecule has 0 heterocycles. The first kappa shape index (κ1) is 20.3. The van der Waals surface area contributed by atoms with Gasteiger partial charge < -0.3 is 14.8 Å². The summed E-state index contributed by atoms with van der Waals surface area (Å²) in [6.45, 7) is 4.68. The van der Waals surface area contributed by atoms with E-state index in [4.69, 9.17) is 21.1 Å². The van der Waals surface area contributed by atoms with Crippen molar-refractivity contribution >= 4 is 29.3 Å². The summed E-state index contributed by atoms with van der Waals surface area (Å²) in [5, 5.41) is 12.5. The number of methoxy groups -OCH3 is 1. The van der Waals surface area contributed by atoms with Gasteiger partial charge in [-0.2, -0.15) is 5.26 Å². The molecule has 0 fully saturated rings. The van der Waals surface area contributed by atoms with Crippen molar-refractivity contribution in [2.45, 2.75) is 13.8 Å². The van der Waals surface area contributed by atoms with Gasteiger partial charge in [-0.3, -0.25) is 4.79 Å². The highest BCUT2D eigenvalue weighted by atomic mass is 35.5. The van der Waals surface area contributed by atoms with Crippen LogP contribution in [0.5, 0.6) is 11.5 Å². The number of ether oxygens (including phenoxy) is 2. The summed E-state index contributed by atoms with van der Waals surface area (Å²) < 4.78 is 11.1. The zero-order valence-electron chi connectivity index (χ0n) is 15.5. The molecule has 0 aliphatic heterocycles. The summed E-state index contributed by atoms with van der Waals surface area (Å²) in [5.74, 6) is 1.02. The van der Waals surface area contributed by atoms with Crippen LogP contribution in [-0.2, 0) is 4.79 Å². The van der Waals surface area contributed by atoms with Crippen molar-refractivity contribution in [3.8, 4) is 17.6 Å². The Morgan fingerprint density at radius 1 is 1.26 bits per heavy atom. The molecular weight excluding hydrogens is 364 g/mol. The maximum absolute atomic E-state index is 12.4. The van der Waals surface area contributed by atoms with Crippen molar-refractivity contribution in [3.63, 3.8) is 0 Å². The standard InChI is InChI=1S/C21H21ClN2O3/c1-14(2)13-27-19-8-7-15(10-20(19)26-3)9-16(12-23)21(25)24-18-6-4-5-17(22)11-18/h4-11,14H,13H2,1-3H3,(H,24,25)/b16-9+. The molecule has 1 N–H and O–H groups in total. The number of hydrogen-bond acceptors (Lipinski definition) is 4. The molecule has 0 spiro atoms. The molecule has 0 saturated heterocycles. The molecule has 0 unspecified atom stereocenters. The van der Waals surface area contributed by atoms with Crippen LogP contribution >= 0.6 is 11.6 Å². The van der Waals surface area contributed by atoms with Crippen LogP contribution < -0.4 is 14.8 Å². The highest BCUT2D eigenvalue weighted by molar-refractivity contribution is 6.31. The lowest BCUT2D eigenvalue weighted by Crippen LogP contribution is -2.13. The fourth-order valence-corrected chi connectivity index (χ4v) is 2.42. The van der Waals surface area contributed by atoms with E-state index in [1.807, 2.05) is 6.07 Å². The second kappa shape index (κ2) is 9.65. The Labute approximate surface area is 164 Å². The van der Waals surface area contributed by atoms with E-state index in [2.05, 4.69) is 19.2 Å². The largest absolute Gasteiger partial charge is 0.493 e. The Morgan fingerprint density at radius 3 is 2.67 bits per heavy atom. The van der Waals surface area contributed by atoms with Gasteiger partial charge in [0.25, 0.3) is 5.91 Å². The molecule has 5 nitrogen and oxygen atoms in total. The fourth-order valence-electron chi connectivity index (χ4n) is 2.23. The first-order chi connectivity index (χ1) is 12.9. The molecule has 2 aromatic rings. The molecule has 140 valence electrons. The van der Waals surface area contributed by atoms with E-state index in [9.17, 15) is 10.1 Å². The lowest BCUT2D eigenvalue weighted by molar-refractivity contribution is -0.112. The third kappa shape index (κ3) is 6.05. The number of rotatable bonds is 7. The molecule has 2 aromatic carbocycles. The summed E-state index contributed by atoms with van der Waals surface area (Å²) in [4.78, 5) is 12.4. The fraction of sp³-hybridized carbons (Fsp3) is 0.238. The number of carbonyl (C=O) groups is 1. The van der Waals surface area contributed by atoms with E-state index in [0.29, 0.717) is 40.3 Å². The Bertz CT molecular complexity index is 885. The lowest BCUT2D eigenvalue weighted by Gasteiger charge is -2.13. The van der Waals surface area contributed by atoms with Gasteiger partial charge in [0, 0.05) is 10.7 Å². The minimum Gasteiger partial charge on any atom is -0.493 e. The van der Waals surface area contributed by atoms with Crippen molar-refractivity contribution in [3.05, 3.63) is 58.6 Å². The number of amides is 1. The summed E-state index contributed by atoms with van der Waals surface area (Å²) in [6, 6.07) is 13.9. The van der Waals surface area contributed by atoms with Crippen LogP contribution in [0.15, 0.2) is 48.0 Å². The average Bonchev–Trinajstić information content (AvgIpc) is 2.64. The number of nitriles is 1. The predicted octanol–water partition coefficient (Wildman–Crippen LogP) is 4.93. The van der Waals surface area contributed by atoms with E-state index in [1.54, 1.807) is 49.6 Å². The van der Waals surface area contributed by atoms with Crippen LogP contribution in [0, 0.1) is 17.2 Å². The summed E-state index contributed by atoms with van der Waals surface area (Å²) in [6.07, 6.45) is 1.49. The second-order valence-electron chi connectivity index (χ2n) is 6.25. The van der Waals surface area contributed by atoms with Crippen molar-refractivity contribution in [1.82, 2.24) is 0 Å². The number of nitrogens with zero attached hydrogens (tertiary/aromatic N) is 1. The molecular formula is C21H21ClN2O3. The van der Waals surface area contributed by atoms with Crippen LogP contribution in [0.25, 0.3) is 6.08 Å². The smallest absolute Gasteiger partial charge is 0.266 e. The highest BCUT2D eigenvalue weighted by Crippen LogP contribution is 2.29. The van der Waals surface area contributed by atoms with Gasteiger partial charge in [-0.25, -0.2) is 0 Å². The van der Waals surface area contributed by atoms with Crippen molar-refractivity contribution in [1.29, 1.82) is 5.26 Å². The Balaban J connectivity index is 2.21. The zero-order valence-corrected chi connectivity index (χ0v) is 16.2. The first-order valence-electron chi connectivity index (χ1n) is 8.42. The van der Waals surface area contributed by atoms with Gasteiger partial charge in [-0.1, -0.05) is 37.6 Å². The molecule has 0 bridgehead atoms. The number of benzene rings is 2. The minimum atomic E-state index is -0.515. The van der Waals surface area contributed by atoms with Gasteiger partial charge >= 0.3 is 0 Å². The summed E-state index contributed by atoms with van der Waals surface area (Å²) >= 11 is 5.91. The molecule has 1 amide bonds. The Kier molecular flexibility index (Phi) is 7.27. The monoisotopic (exact) mass is 384 g/mol. The molecule has 0 aliphatic rings. The molecule has 0 atom stereocenters. The second-order valence-corrected chi connectivity index (χ2v) is 6.69. The van der Waals surface area contributed by atoms with E-state index in [-0.39, 0.29) is 5.57 Å². The van der Waals surface area contributed by atoms with Gasteiger partial charge in [0.2, 0.25) is 0 Å². The molecule has 6 heteroatoms. The maximum atomic E-state index is 12.4. The molecule has 27 heavy (non-hydrogen) atoms. The van der Waals surface area contributed by atoms with E-state index in [0.717, 1.165) is 0 Å². The van der Waals surface area contributed by atoms with Crippen LogP contribution in [0.2, 0.25) is 5.02 Å². The van der Waals surface area contributed by atoms with Crippen LogP contribution in [-0.4, -0.2) is 19.6 Å². The normalized spacial score (nSPS) is 11.0. The Hall–Kier alpha value is -2.97. The summed E-state index contributed by atoms with van der Waals surface area (Å²) in [5.41, 5.74) is 1.14. The van der Waals surface area contributed by atoms with Crippen molar-refractivity contribution < 1.29 is 14.3 Å². The van der Waals surface area contributed by atoms with E-state index < -0.39 is 5.91 Å². The van der Waals surface area contributed by atoms with Gasteiger partial charge in [-0.05, 0) is 47.9 Å². The first-order valence-corrected chi connectivity index (χ1v) is 8.80. The highest BCUT2D eigenvalue weighted by Gasteiger charge is 2.11. The molecule has 0 aromatic heterocycles. The van der Waals surface area contributed by atoms with Gasteiger partial charge in [0.1, 0.15) is 11.6 Å². The number of anilines is 1. The number of carbonyl (C=O) groups excluding carboxylic acids is 1. The van der Waals surface area contributed by atoms with Crippen molar-refractivity contribution in [2.75, 3.05) is 19.0 Å². The minimum absolute atomic E-state index is 0.0344. The van der Waals surface area contributed by atoms with Crippen LogP contribution in [0.3, 0.4) is 0 Å². The number of nitrogens with one attached hydrogen (secondary N) is 1. The third-order valence-corrected chi connectivity index (χ3v) is 3.75. The summed E-state index contributed by atoms with van der Waals surface area (Å²) in [7, 11) is 1.54. The lowest BCUT2D eigenvalue weighted by atomic mass is 10.1. The molecule has 0 saturated carbocycles. The Morgan fingerprint density at radius 2 is 2.04 bits per heavy atom. The SMILES string of the molecule is COc1cc(/C=C(\C#N)C(=O)Nc2cccc(Cl)c2)ccc1OCC(C)C. The zero-order chi connectivity index (χ0) is 19.8. The predicted molar refractivity (Wildman–Crippen MR) is 107 cm³/mol. The quantitative estimate of drug-likeness (QED) is 0.542. The maximum Gasteiger partial charge on any atom is 0.266 e. The van der Waals surface area contributed by atoms with Crippen LogP contribution in [0.4, 0.5) is 5.69 Å². The van der Waals surface area contributed by atoms with E-state index in [1.165, 1.54) is 6.08 Å². The van der Waals surface area contributed by atoms with Gasteiger partial charge in [-0.15, -0.1) is 0 Å². The molecule has 0 aliphatic carbocycles. The molecule has 2 rings (SSSR count). The number of hydrogen-bond donors (Lipinski definition) is 1. The van der Waals surface area contributed by atoms with Gasteiger partial charge in [0.15, 0.2) is 11.5 Å². The van der Waals surface area contributed by atoms with E-state index >= 15 is 0 Å².